The fourth-order valence-electron chi connectivity index (χ4n) is 2.09. The van der Waals surface area contributed by atoms with Crippen LogP contribution in [0.1, 0.15) is 19.4 Å². The number of amides is 1. The fraction of sp³-hybridized carbons (Fsp3) is 0.278. The Morgan fingerprint density at radius 2 is 1.68 bits per heavy atom. The average Bonchev–Trinajstić information content (AvgIpc) is 2.54. The highest BCUT2D eigenvalue weighted by Crippen LogP contribution is 2.19. The molecule has 0 radical (unpaired) electrons. The van der Waals surface area contributed by atoms with E-state index in [4.69, 9.17) is 4.74 Å². The minimum absolute atomic E-state index is 0.0489. The Balaban J connectivity index is 1.94. The SMILES string of the molecule is COc1ccc(NC(C)(C)C(=O)NCc2ccccc2)cc1. The van der Waals surface area contributed by atoms with Gasteiger partial charge >= 0.3 is 0 Å². The molecule has 22 heavy (non-hydrogen) atoms. The lowest BCUT2D eigenvalue weighted by Gasteiger charge is -2.26. The Morgan fingerprint density at radius 1 is 1.05 bits per heavy atom. The Labute approximate surface area is 131 Å². The standard InChI is InChI=1S/C18H22N2O2/c1-18(2,20-15-9-11-16(22-3)12-10-15)17(21)19-13-14-7-5-4-6-8-14/h4-12,20H,13H2,1-3H3,(H,19,21). The summed E-state index contributed by atoms with van der Waals surface area (Å²) in [4.78, 5) is 12.4. The summed E-state index contributed by atoms with van der Waals surface area (Å²) in [7, 11) is 1.63. The van der Waals surface area contributed by atoms with Crippen LogP contribution in [0.4, 0.5) is 5.69 Å². The van der Waals surface area contributed by atoms with Crippen molar-refractivity contribution >= 4 is 11.6 Å². The molecule has 0 aliphatic rings. The van der Waals surface area contributed by atoms with Crippen molar-refractivity contribution < 1.29 is 9.53 Å². The van der Waals surface area contributed by atoms with Gasteiger partial charge in [-0.3, -0.25) is 4.79 Å². The molecule has 0 fully saturated rings. The van der Waals surface area contributed by atoms with Gasteiger partial charge in [-0.05, 0) is 43.7 Å². The molecule has 0 atom stereocenters. The summed E-state index contributed by atoms with van der Waals surface area (Å²) < 4.78 is 5.13. The first-order valence-electron chi connectivity index (χ1n) is 7.26. The van der Waals surface area contributed by atoms with Crippen LogP contribution in [0, 0.1) is 0 Å². The van der Waals surface area contributed by atoms with Gasteiger partial charge in [-0.25, -0.2) is 0 Å². The van der Waals surface area contributed by atoms with E-state index >= 15 is 0 Å². The zero-order valence-electron chi connectivity index (χ0n) is 13.2. The summed E-state index contributed by atoms with van der Waals surface area (Å²) in [5.74, 6) is 0.740. The molecule has 1 amide bonds. The summed E-state index contributed by atoms with van der Waals surface area (Å²) in [6.45, 7) is 4.24. The molecule has 0 aliphatic carbocycles. The van der Waals surface area contributed by atoms with Gasteiger partial charge in [-0.2, -0.15) is 0 Å². The van der Waals surface area contributed by atoms with Crippen LogP contribution in [0.25, 0.3) is 0 Å². The smallest absolute Gasteiger partial charge is 0.245 e. The molecule has 0 bridgehead atoms. The number of nitrogens with one attached hydrogen (secondary N) is 2. The van der Waals surface area contributed by atoms with Crippen molar-refractivity contribution in [3.8, 4) is 5.75 Å². The van der Waals surface area contributed by atoms with Gasteiger partial charge in [0.05, 0.1) is 7.11 Å². The van der Waals surface area contributed by atoms with Crippen LogP contribution in [-0.4, -0.2) is 18.6 Å². The molecule has 4 nitrogen and oxygen atoms in total. The minimum atomic E-state index is -0.705. The van der Waals surface area contributed by atoms with E-state index in [9.17, 15) is 4.79 Å². The molecule has 0 heterocycles. The first kappa shape index (κ1) is 15.9. The van der Waals surface area contributed by atoms with Gasteiger partial charge in [0.2, 0.25) is 5.91 Å². The van der Waals surface area contributed by atoms with Crippen LogP contribution in [-0.2, 0) is 11.3 Å². The number of hydrogen-bond donors (Lipinski definition) is 2. The molecule has 0 spiro atoms. The molecule has 0 unspecified atom stereocenters. The second-order valence-electron chi connectivity index (χ2n) is 5.65. The predicted octanol–water partition coefficient (Wildman–Crippen LogP) is 3.20. The largest absolute Gasteiger partial charge is 0.497 e. The molecule has 2 aromatic rings. The van der Waals surface area contributed by atoms with Crippen LogP contribution < -0.4 is 15.4 Å². The highest BCUT2D eigenvalue weighted by molar-refractivity contribution is 5.88. The van der Waals surface area contributed by atoms with Gasteiger partial charge in [0.15, 0.2) is 0 Å². The highest BCUT2D eigenvalue weighted by atomic mass is 16.5. The zero-order chi connectivity index (χ0) is 16.0. The van der Waals surface area contributed by atoms with Gasteiger partial charge in [0.25, 0.3) is 0 Å². The first-order chi connectivity index (χ1) is 10.5. The summed E-state index contributed by atoms with van der Waals surface area (Å²) in [6.07, 6.45) is 0. The summed E-state index contributed by atoms with van der Waals surface area (Å²) in [5, 5.41) is 6.19. The van der Waals surface area contributed by atoms with Crippen LogP contribution in [0.15, 0.2) is 54.6 Å². The number of methoxy groups -OCH3 is 1. The fourth-order valence-corrected chi connectivity index (χ4v) is 2.09. The third kappa shape index (κ3) is 4.25. The molecular weight excluding hydrogens is 276 g/mol. The Bertz CT molecular complexity index is 607. The Hall–Kier alpha value is -2.49. The van der Waals surface area contributed by atoms with E-state index in [-0.39, 0.29) is 5.91 Å². The lowest BCUT2D eigenvalue weighted by atomic mass is 10.0. The monoisotopic (exact) mass is 298 g/mol. The average molecular weight is 298 g/mol. The van der Waals surface area contributed by atoms with E-state index in [1.807, 2.05) is 68.4 Å². The predicted molar refractivity (Wildman–Crippen MR) is 89.0 cm³/mol. The number of carbonyl (C=O) groups excluding carboxylic acids is 1. The maximum absolute atomic E-state index is 12.4. The van der Waals surface area contributed by atoms with Crippen molar-refractivity contribution in [1.82, 2.24) is 5.32 Å². The minimum Gasteiger partial charge on any atom is -0.497 e. The van der Waals surface area contributed by atoms with Crippen LogP contribution in [0.5, 0.6) is 5.75 Å². The highest BCUT2D eigenvalue weighted by Gasteiger charge is 2.26. The number of ether oxygens (including phenoxy) is 1. The van der Waals surface area contributed by atoms with Crippen LogP contribution >= 0.6 is 0 Å². The molecule has 0 aromatic heterocycles. The van der Waals surface area contributed by atoms with E-state index in [2.05, 4.69) is 10.6 Å². The Kier molecular flexibility index (Phi) is 5.04. The van der Waals surface area contributed by atoms with Crippen LogP contribution in [0.3, 0.4) is 0 Å². The summed E-state index contributed by atoms with van der Waals surface area (Å²) in [6, 6.07) is 17.4. The summed E-state index contributed by atoms with van der Waals surface area (Å²) >= 11 is 0. The first-order valence-corrected chi connectivity index (χ1v) is 7.26. The van der Waals surface area contributed by atoms with Crippen LogP contribution in [0.2, 0.25) is 0 Å². The maximum atomic E-state index is 12.4. The van der Waals surface area contributed by atoms with Crippen molar-refractivity contribution in [2.24, 2.45) is 0 Å². The normalized spacial score (nSPS) is 10.9. The van der Waals surface area contributed by atoms with Gasteiger partial charge in [0, 0.05) is 12.2 Å². The maximum Gasteiger partial charge on any atom is 0.245 e. The molecule has 0 saturated carbocycles. The molecule has 2 aromatic carbocycles. The number of rotatable bonds is 6. The quantitative estimate of drug-likeness (QED) is 0.861. The topological polar surface area (TPSA) is 50.4 Å². The number of benzene rings is 2. The van der Waals surface area contributed by atoms with Gasteiger partial charge < -0.3 is 15.4 Å². The van der Waals surface area contributed by atoms with Crippen molar-refractivity contribution in [1.29, 1.82) is 0 Å². The third-order valence-corrected chi connectivity index (χ3v) is 3.41. The van der Waals surface area contributed by atoms with Gasteiger partial charge in [0.1, 0.15) is 11.3 Å². The van der Waals surface area contributed by atoms with Crippen molar-refractivity contribution in [3.63, 3.8) is 0 Å². The number of hydrogen-bond acceptors (Lipinski definition) is 3. The Morgan fingerprint density at radius 3 is 2.27 bits per heavy atom. The van der Waals surface area contributed by atoms with E-state index in [0.717, 1.165) is 17.0 Å². The molecule has 4 heteroatoms. The van der Waals surface area contributed by atoms with Crippen molar-refractivity contribution in [2.75, 3.05) is 12.4 Å². The van der Waals surface area contributed by atoms with Crippen molar-refractivity contribution in [2.45, 2.75) is 25.9 Å². The zero-order valence-corrected chi connectivity index (χ0v) is 13.2. The molecule has 0 aliphatic heterocycles. The third-order valence-electron chi connectivity index (χ3n) is 3.41. The van der Waals surface area contributed by atoms with Gasteiger partial charge in [-0.15, -0.1) is 0 Å². The number of anilines is 1. The lowest BCUT2D eigenvalue weighted by Crippen LogP contribution is -2.47. The molecular formula is C18H22N2O2. The van der Waals surface area contributed by atoms with E-state index in [0.29, 0.717) is 6.54 Å². The van der Waals surface area contributed by atoms with Crippen molar-refractivity contribution in [3.05, 3.63) is 60.2 Å². The molecule has 0 saturated heterocycles. The van der Waals surface area contributed by atoms with Gasteiger partial charge in [-0.1, -0.05) is 30.3 Å². The summed E-state index contributed by atoms with van der Waals surface area (Å²) in [5.41, 5.74) is 1.25. The second kappa shape index (κ2) is 6.98. The van der Waals surface area contributed by atoms with E-state index in [1.54, 1.807) is 7.11 Å². The molecule has 2 N–H and O–H groups in total. The molecule has 2 rings (SSSR count). The lowest BCUT2D eigenvalue weighted by molar-refractivity contribution is -0.124. The van der Waals surface area contributed by atoms with E-state index < -0.39 is 5.54 Å². The molecule has 116 valence electrons. The second-order valence-corrected chi connectivity index (χ2v) is 5.65. The number of carbonyl (C=O) groups is 1. The van der Waals surface area contributed by atoms with E-state index in [1.165, 1.54) is 0 Å².